The van der Waals surface area contributed by atoms with Crippen LogP contribution in [0.2, 0.25) is 0 Å². The van der Waals surface area contributed by atoms with E-state index in [-0.39, 0.29) is 10.1 Å². The molecule has 0 radical (unpaired) electrons. The number of hydrogen-bond acceptors (Lipinski definition) is 4. The fourth-order valence-corrected chi connectivity index (χ4v) is 2.10. The second-order valence-corrected chi connectivity index (χ2v) is 4.70. The van der Waals surface area contributed by atoms with Gasteiger partial charge in [0.05, 0.1) is 30.0 Å². The third-order valence-electron chi connectivity index (χ3n) is 2.62. The Labute approximate surface area is 126 Å². The van der Waals surface area contributed by atoms with Gasteiger partial charge in [-0.1, -0.05) is 23.2 Å². The maximum absolute atomic E-state index is 11.4. The Morgan fingerprint density at radius 3 is 2.25 bits per heavy atom. The first-order valence-electron chi connectivity index (χ1n) is 5.65. The molecule has 6 heteroatoms. The Morgan fingerprint density at radius 1 is 1.05 bits per heavy atom. The summed E-state index contributed by atoms with van der Waals surface area (Å²) < 4.78 is 10.4. The van der Waals surface area contributed by atoms with Crippen molar-refractivity contribution in [2.45, 2.75) is 0 Å². The molecule has 1 aliphatic carbocycles. The van der Waals surface area contributed by atoms with E-state index in [2.05, 4.69) is 4.99 Å². The van der Waals surface area contributed by atoms with E-state index in [1.807, 2.05) is 0 Å². The highest BCUT2D eigenvalue weighted by molar-refractivity contribution is 6.57. The van der Waals surface area contributed by atoms with Crippen molar-refractivity contribution in [3.05, 3.63) is 40.4 Å². The van der Waals surface area contributed by atoms with Gasteiger partial charge in [0, 0.05) is 6.07 Å². The highest BCUT2D eigenvalue weighted by atomic mass is 35.5. The number of Topliss-reactive ketones (excluding diaryl/α,β-unsaturated/α-hetero) is 1. The van der Waals surface area contributed by atoms with Gasteiger partial charge in [-0.3, -0.25) is 4.79 Å². The van der Waals surface area contributed by atoms with Gasteiger partial charge in [-0.2, -0.15) is 0 Å². The molecule has 20 heavy (non-hydrogen) atoms. The molecule has 0 heterocycles. The van der Waals surface area contributed by atoms with Gasteiger partial charge in [0.15, 0.2) is 0 Å². The molecule has 0 aromatic heterocycles. The van der Waals surface area contributed by atoms with Gasteiger partial charge >= 0.3 is 0 Å². The number of hydrogen-bond donors (Lipinski definition) is 0. The minimum absolute atomic E-state index is 0.0312. The highest BCUT2D eigenvalue weighted by Crippen LogP contribution is 2.32. The Hall–Kier alpha value is -1.78. The molecule has 0 aliphatic heterocycles. The third-order valence-corrected chi connectivity index (χ3v) is 3.18. The van der Waals surface area contributed by atoms with Crippen LogP contribution in [0.25, 0.3) is 0 Å². The summed E-state index contributed by atoms with van der Waals surface area (Å²) in [6.45, 7) is 0. The standard InChI is InChI=1S/C14H11Cl2NO3/c1-19-9-3-4-12(13(7-9)20-2)17-8-5-10(15)14(18)11(16)6-8/h3-7H,1-2H3. The van der Waals surface area contributed by atoms with Gasteiger partial charge in [-0.05, 0) is 24.3 Å². The van der Waals surface area contributed by atoms with Crippen molar-refractivity contribution in [2.24, 2.45) is 4.99 Å². The fourth-order valence-electron chi connectivity index (χ4n) is 1.63. The van der Waals surface area contributed by atoms with Crippen LogP contribution in [0, 0.1) is 0 Å². The topological polar surface area (TPSA) is 47.9 Å². The van der Waals surface area contributed by atoms with Crippen LogP contribution >= 0.6 is 23.2 Å². The third kappa shape index (κ3) is 3.03. The van der Waals surface area contributed by atoms with Crippen LogP contribution in [0.1, 0.15) is 0 Å². The Morgan fingerprint density at radius 2 is 1.70 bits per heavy atom. The van der Waals surface area contributed by atoms with Gasteiger partial charge in [-0.15, -0.1) is 0 Å². The lowest BCUT2D eigenvalue weighted by atomic mass is 10.1. The Bertz CT molecular complexity index is 624. The van der Waals surface area contributed by atoms with E-state index in [0.717, 1.165) is 0 Å². The van der Waals surface area contributed by atoms with Crippen LogP contribution in [0.5, 0.6) is 11.5 Å². The van der Waals surface area contributed by atoms with Crippen LogP contribution in [0.4, 0.5) is 5.69 Å². The van der Waals surface area contributed by atoms with Crippen LogP contribution in [-0.4, -0.2) is 25.7 Å². The molecule has 0 amide bonds. The lowest BCUT2D eigenvalue weighted by Crippen LogP contribution is -2.07. The van der Waals surface area contributed by atoms with Crippen molar-refractivity contribution in [3.63, 3.8) is 0 Å². The number of ketones is 1. The molecule has 0 fully saturated rings. The molecule has 1 aromatic carbocycles. The van der Waals surface area contributed by atoms with E-state index < -0.39 is 5.78 Å². The normalized spacial score (nSPS) is 14.6. The number of methoxy groups -OCH3 is 2. The fraction of sp³-hybridized carbons (Fsp3) is 0.143. The minimum Gasteiger partial charge on any atom is -0.497 e. The maximum Gasteiger partial charge on any atom is 0.215 e. The van der Waals surface area contributed by atoms with Gasteiger partial charge in [0.25, 0.3) is 0 Å². The number of nitrogens with zero attached hydrogens (tertiary/aromatic N) is 1. The van der Waals surface area contributed by atoms with Crippen molar-refractivity contribution >= 4 is 40.4 Å². The maximum atomic E-state index is 11.4. The number of aliphatic imine (C=N–C) groups is 1. The molecule has 1 aromatic rings. The van der Waals surface area contributed by atoms with Crippen LogP contribution < -0.4 is 9.47 Å². The van der Waals surface area contributed by atoms with E-state index in [0.29, 0.717) is 22.9 Å². The zero-order valence-electron chi connectivity index (χ0n) is 10.8. The predicted molar refractivity (Wildman–Crippen MR) is 79.5 cm³/mol. The molecule has 0 atom stereocenters. The summed E-state index contributed by atoms with van der Waals surface area (Å²) >= 11 is 11.6. The zero-order valence-corrected chi connectivity index (χ0v) is 12.3. The van der Waals surface area contributed by atoms with Gasteiger partial charge in [0.1, 0.15) is 17.2 Å². The number of carbonyl (C=O) groups is 1. The molecule has 0 N–H and O–H groups in total. The largest absolute Gasteiger partial charge is 0.497 e. The van der Waals surface area contributed by atoms with Crippen molar-refractivity contribution in [1.29, 1.82) is 0 Å². The van der Waals surface area contributed by atoms with E-state index in [9.17, 15) is 4.79 Å². The molecule has 104 valence electrons. The number of carbonyl (C=O) groups excluding carboxylic acids is 1. The summed E-state index contributed by atoms with van der Waals surface area (Å²) in [5, 5.41) is 0.0625. The van der Waals surface area contributed by atoms with E-state index in [1.165, 1.54) is 19.3 Å². The summed E-state index contributed by atoms with van der Waals surface area (Å²) in [6, 6.07) is 5.21. The van der Waals surface area contributed by atoms with Crippen LogP contribution in [-0.2, 0) is 4.79 Å². The van der Waals surface area contributed by atoms with E-state index >= 15 is 0 Å². The monoisotopic (exact) mass is 311 g/mol. The lowest BCUT2D eigenvalue weighted by Gasteiger charge is -2.09. The minimum atomic E-state index is -0.408. The molecular weight excluding hydrogens is 301 g/mol. The Balaban J connectivity index is 2.43. The number of halogens is 2. The first-order chi connectivity index (χ1) is 9.55. The molecule has 4 nitrogen and oxygen atoms in total. The molecule has 0 saturated carbocycles. The summed E-state index contributed by atoms with van der Waals surface area (Å²) in [6.07, 6.45) is 2.92. The number of allylic oxidation sites excluding steroid dienone is 4. The smallest absolute Gasteiger partial charge is 0.215 e. The number of benzene rings is 1. The molecular formula is C14H11Cl2NO3. The quantitative estimate of drug-likeness (QED) is 0.801. The summed E-state index contributed by atoms with van der Waals surface area (Å²) in [5.41, 5.74) is 1.06. The average molecular weight is 312 g/mol. The lowest BCUT2D eigenvalue weighted by molar-refractivity contribution is -0.111. The molecule has 0 unspecified atom stereocenters. The zero-order chi connectivity index (χ0) is 14.7. The second-order valence-electron chi connectivity index (χ2n) is 3.89. The molecule has 0 saturated heterocycles. The number of rotatable bonds is 3. The SMILES string of the molecule is COc1ccc(N=C2C=C(Cl)C(=O)C(Cl)=C2)c(OC)c1. The van der Waals surface area contributed by atoms with Gasteiger partial charge in [0.2, 0.25) is 5.78 Å². The Kier molecular flexibility index (Phi) is 4.47. The summed E-state index contributed by atoms with van der Waals surface area (Å²) in [5.74, 6) is 0.795. The van der Waals surface area contributed by atoms with Gasteiger partial charge in [-0.25, -0.2) is 4.99 Å². The van der Waals surface area contributed by atoms with E-state index in [4.69, 9.17) is 32.7 Å². The molecule has 0 spiro atoms. The van der Waals surface area contributed by atoms with Crippen molar-refractivity contribution in [1.82, 2.24) is 0 Å². The van der Waals surface area contributed by atoms with Crippen molar-refractivity contribution in [2.75, 3.05) is 14.2 Å². The van der Waals surface area contributed by atoms with Crippen LogP contribution in [0.15, 0.2) is 45.4 Å². The van der Waals surface area contributed by atoms with Gasteiger partial charge < -0.3 is 9.47 Å². The first-order valence-corrected chi connectivity index (χ1v) is 6.40. The second kappa shape index (κ2) is 6.11. The predicted octanol–water partition coefficient (Wildman–Crippen LogP) is 3.60. The first kappa shape index (κ1) is 14.6. The van der Waals surface area contributed by atoms with Crippen molar-refractivity contribution in [3.8, 4) is 11.5 Å². The van der Waals surface area contributed by atoms with E-state index in [1.54, 1.807) is 25.3 Å². The summed E-state index contributed by atoms with van der Waals surface area (Å²) in [4.78, 5) is 15.8. The average Bonchev–Trinajstić information content (AvgIpc) is 2.45. The van der Waals surface area contributed by atoms with Crippen LogP contribution in [0.3, 0.4) is 0 Å². The molecule has 1 aliphatic rings. The van der Waals surface area contributed by atoms with Crippen molar-refractivity contribution < 1.29 is 14.3 Å². The molecule has 2 rings (SSSR count). The molecule has 0 bridgehead atoms. The number of ether oxygens (including phenoxy) is 2. The summed E-state index contributed by atoms with van der Waals surface area (Å²) in [7, 11) is 3.10. The highest BCUT2D eigenvalue weighted by Gasteiger charge is 2.17.